The van der Waals surface area contributed by atoms with Crippen molar-refractivity contribution in [2.24, 2.45) is 5.14 Å². The Balaban J connectivity index is 2.88. The molecular weight excluding hydrogens is 224 g/mol. The molecule has 0 atom stereocenters. The molecule has 0 radical (unpaired) electrons. The van der Waals surface area contributed by atoms with Gasteiger partial charge in [0.15, 0.2) is 0 Å². The van der Waals surface area contributed by atoms with Crippen LogP contribution in [-0.2, 0) is 10.0 Å². The fraction of sp³-hybridized carbons (Fsp3) is 0. The highest BCUT2D eigenvalue weighted by atomic mass is 32.2. The van der Waals surface area contributed by atoms with Gasteiger partial charge in [-0.25, -0.2) is 13.6 Å². The molecule has 0 saturated carbocycles. The third kappa shape index (κ3) is 1.45. The number of aromatic nitrogens is 1. The molecule has 0 bridgehead atoms. The molecule has 0 aliphatic rings. The van der Waals surface area contributed by atoms with Crippen LogP contribution in [0.3, 0.4) is 0 Å². The van der Waals surface area contributed by atoms with Gasteiger partial charge in [-0.1, -0.05) is 0 Å². The van der Waals surface area contributed by atoms with Crippen LogP contribution in [0.25, 0.3) is 10.1 Å². The van der Waals surface area contributed by atoms with Crippen LogP contribution < -0.4 is 10.7 Å². The molecule has 0 aliphatic heterocycles. The summed E-state index contributed by atoms with van der Waals surface area (Å²) in [7, 11) is -3.72. The fourth-order valence-electron chi connectivity index (χ4n) is 1.09. The van der Waals surface area contributed by atoms with Crippen molar-refractivity contribution in [3.05, 3.63) is 28.7 Å². The lowest BCUT2D eigenvalue weighted by atomic mass is 10.3. The summed E-state index contributed by atoms with van der Waals surface area (Å²) >= 11 is 0.985. The molecule has 0 amide bonds. The average Bonchev–Trinajstić information content (AvgIpc) is 2.48. The van der Waals surface area contributed by atoms with E-state index >= 15 is 0 Å². The predicted molar refractivity (Wildman–Crippen MR) is 53.8 cm³/mol. The summed E-state index contributed by atoms with van der Waals surface area (Å²) in [6, 6.07) is 2.92. The van der Waals surface area contributed by atoms with E-state index < -0.39 is 10.0 Å². The molecule has 0 unspecified atom stereocenters. The summed E-state index contributed by atoms with van der Waals surface area (Å²) in [5.74, 6) is 0. The minimum Gasteiger partial charge on any atom is -0.329 e. The maximum Gasteiger partial charge on any atom is 0.256 e. The first kappa shape index (κ1) is 9.38. The minimum atomic E-state index is -3.72. The zero-order chi connectivity index (χ0) is 10.3. The van der Waals surface area contributed by atoms with Crippen molar-refractivity contribution in [1.29, 1.82) is 0 Å². The summed E-state index contributed by atoms with van der Waals surface area (Å²) < 4.78 is 22.6. The van der Waals surface area contributed by atoms with E-state index in [1.54, 1.807) is 6.07 Å². The van der Waals surface area contributed by atoms with E-state index in [2.05, 4.69) is 4.98 Å². The van der Waals surface area contributed by atoms with Crippen molar-refractivity contribution >= 4 is 31.4 Å². The Morgan fingerprint density at radius 2 is 2.14 bits per heavy atom. The molecule has 2 rings (SSSR count). The first-order valence-corrected chi connectivity index (χ1v) is 5.99. The summed E-state index contributed by atoms with van der Waals surface area (Å²) in [5.41, 5.74) is -0.311. The van der Waals surface area contributed by atoms with Gasteiger partial charge in [-0.2, -0.15) is 0 Å². The second-order valence-corrected chi connectivity index (χ2v) is 5.57. The molecule has 5 nitrogen and oxygen atoms in total. The average molecular weight is 230 g/mol. The smallest absolute Gasteiger partial charge is 0.256 e. The summed E-state index contributed by atoms with van der Waals surface area (Å²) in [6.07, 6.45) is 1.47. The van der Waals surface area contributed by atoms with Gasteiger partial charge in [0.25, 0.3) is 5.56 Å². The van der Waals surface area contributed by atoms with Crippen molar-refractivity contribution < 1.29 is 8.42 Å². The van der Waals surface area contributed by atoms with E-state index in [9.17, 15) is 13.2 Å². The van der Waals surface area contributed by atoms with Crippen LogP contribution in [-0.4, -0.2) is 13.4 Å². The maximum absolute atomic E-state index is 11.2. The molecule has 0 aromatic carbocycles. The molecule has 0 aliphatic carbocycles. The molecule has 0 fully saturated rings. The highest BCUT2D eigenvalue weighted by Gasteiger charge is 2.13. The van der Waals surface area contributed by atoms with Gasteiger partial charge in [-0.05, 0) is 12.1 Å². The molecular formula is C7H6N2O3S2. The molecule has 2 aromatic rings. The number of pyridine rings is 1. The second kappa shape index (κ2) is 2.91. The normalized spacial score (nSPS) is 12.1. The van der Waals surface area contributed by atoms with Crippen LogP contribution in [0.4, 0.5) is 0 Å². The molecule has 7 heteroatoms. The Labute approximate surface area is 83.2 Å². The van der Waals surface area contributed by atoms with Crippen molar-refractivity contribution in [3.8, 4) is 0 Å². The lowest BCUT2D eigenvalue weighted by molar-refractivity contribution is 0.600. The Bertz CT molecular complexity index is 638. The van der Waals surface area contributed by atoms with E-state index in [1.165, 1.54) is 12.3 Å². The van der Waals surface area contributed by atoms with Gasteiger partial charge < -0.3 is 4.98 Å². The zero-order valence-electron chi connectivity index (χ0n) is 6.85. The SMILES string of the molecule is NS(=O)(=O)c1cc2c(=O)[nH]ccc2s1. The Kier molecular flexibility index (Phi) is 1.95. The topological polar surface area (TPSA) is 93.0 Å². The van der Waals surface area contributed by atoms with Crippen LogP contribution in [0.2, 0.25) is 0 Å². The number of sulfonamides is 1. The summed E-state index contributed by atoms with van der Waals surface area (Å²) in [6.45, 7) is 0. The quantitative estimate of drug-likeness (QED) is 0.734. The summed E-state index contributed by atoms with van der Waals surface area (Å²) in [4.78, 5) is 13.7. The molecule has 0 saturated heterocycles. The van der Waals surface area contributed by atoms with Gasteiger partial charge >= 0.3 is 0 Å². The summed E-state index contributed by atoms with van der Waals surface area (Å²) in [5, 5.41) is 5.29. The van der Waals surface area contributed by atoms with Gasteiger partial charge in [0.1, 0.15) is 4.21 Å². The number of primary sulfonamides is 1. The number of rotatable bonds is 1. The van der Waals surface area contributed by atoms with Crippen molar-refractivity contribution in [2.45, 2.75) is 4.21 Å². The largest absolute Gasteiger partial charge is 0.329 e. The third-order valence-corrected chi connectivity index (χ3v) is 4.23. The van der Waals surface area contributed by atoms with Gasteiger partial charge in [0.05, 0.1) is 5.39 Å². The number of thiophene rings is 1. The third-order valence-electron chi connectivity index (χ3n) is 1.71. The number of nitrogens with one attached hydrogen (secondary N) is 1. The van der Waals surface area contributed by atoms with Gasteiger partial charge in [0.2, 0.25) is 10.0 Å². The van der Waals surface area contributed by atoms with E-state index in [0.29, 0.717) is 10.1 Å². The lowest BCUT2D eigenvalue weighted by Crippen LogP contribution is -2.10. The first-order chi connectivity index (χ1) is 6.48. The molecule has 2 heterocycles. The number of fused-ring (bicyclic) bond motifs is 1. The lowest BCUT2D eigenvalue weighted by Gasteiger charge is -1.86. The second-order valence-electron chi connectivity index (χ2n) is 2.70. The number of hydrogen-bond acceptors (Lipinski definition) is 4. The fourth-order valence-corrected chi connectivity index (χ4v) is 2.90. The van der Waals surface area contributed by atoms with Crippen LogP contribution in [0.15, 0.2) is 27.3 Å². The number of nitrogens with two attached hydrogens (primary N) is 1. The van der Waals surface area contributed by atoms with Gasteiger partial charge in [-0.3, -0.25) is 4.79 Å². The van der Waals surface area contributed by atoms with Crippen LogP contribution >= 0.6 is 11.3 Å². The Morgan fingerprint density at radius 3 is 2.71 bits per heavy atom. The molecule has 2 aromatic heterocycles. The van der Waals surface area contributed by atoms with Crippen LogP contribution in [0.5, 0.6) is 0 Å². The van der Waals surface area contributed by atoms with Crippen molar-refractivity contribution in [2.75, 3.05) is 0 Å². The highest BCUT2D eigenvalue weighted by molar-refractivity contribution is 7.91. The highest BCUT2D eigenvalue weighted by Crippen LogP contribution is 2.24. The van der Waals surface area contributed by atoms with E-state index in [0.717, 1.165) is 11.3 Å². The van der Waals surface area contributed by atoms with Crippen LogP contribution in [0.1, 0.15) is 0 Å². The van der Waals surface area contributed by atoms with E-state index in [1.807, 2.05) is 0 Å². The number of hydrogen-bond donors (Lipinski definition) is 2. The van der Waals surface area contributed by atoms with Gasteiger partial charge in [-0.15, -0.1) is 11.3 Å². The monoisotopic (exact) mass is 230 g/mol. The molecule has 14 heavy (non-hydrogen) atoms. The Hall–Kier alpha value is -1.18. The molecule has 0 spiro atoms. The standard InChI is InChI=1S/C7H6N2O3S2/c8-14(11,12)6-3-4-5(13-6)1-2-9-7(4)10/h1-3H,(H,9,10)(H2,8,11,12). The predicted octanol–water partition coefficient (Wildman–Crippen LogP) is 0.237. The number of H-pyrrole nitrogens is 1. The van der Waals surface area contributed by atoms with Crippen molar-refractivity contribution in [1.82, 2.24) is 4.98 Å². The minimum absolute atomic E-state index is 0.00389. The zero-order valence-corrected chi connectivity index (χ0v) is 8.48. The van der Waals surface area contributed by atoms with Crippen LogP contribution in [0, 0.1) is 0 Å². The first-order valence-electron chi connectivity index (χ1n) is 3.62. The molecule has 3 N–H and O–H groups in total. The van der Waals surface area contributed by atoms with E-state index in [4.69, 9.17) is 5.14 Å². The maximum atomic E-state index is 11.2. The Morgan fingerprint density at radius 1 is 1.43 bits per heavy atom. The van der Waals surface area contributed by atoms with Gasteiger partial charge in [0, 0.05) is 10.9 Å². The molecule has 74 valence electrons. The van der Waals surface area contributed by atoms with Crippen molar-refractivity contribution in [3.63, 3.8) is 0 Å². The van der Waals surface area contributed by atoms with E-state index in [-0.39, 0.29) is 9.77 Å². The number of aromatic amines is 1.